The summed E-state index contributed by atoms with van der Waals surface area (Å²) in [6.07, 6.45) is 0.863. The molecule has 2 rings (SSSR count). The molecule has 2 heteroatoms. The SMILES string of the molecule is CC1Cc2ccccc2NC1=O. The lowest BCUT2D eigenvalue weighted by molar-refractivity contribution is -0.119. The van der Waals surface area contributed by atoms with Crippen molar-refractivity contribution in [1.29, 1.82) is 0 Å². The molecule has 1 heterocycles. The molecule has 1 aromatic rings. The van der Waals surface area contributed by atoms with Crippen LogP contribution in [0, 0.1) is 5.92 Å². The molecule has 0 spiro atoms. The highest BCUT2D eigenvalue weighted by molar-refractivity contribution is 5.95. The molecule has 0 radical (unpaired) electrons. The molecule has 0 bridgehead atoms. The maximum Gasteiger partial charge on any atom is 0.227 e. The van der Waals surface area contributed by atoms with Gasteiger partial charge in [-0.15, -0.1) is 0 Å². The fourth-order valence-electron chi connectivity index (χ4n) is 1.50. The summed E-state index contributed by atoms with van der Waals surface area (Å²) in [5, 5.41) is 2.87. The Kier molecular flexibility index (Phi) is 1.61. The van der Waals surface area contributed by atoms with E-state index in [1.54, 1.807) is 0 Å². The lowest BCUT2D eigenvalue weighted by atomic mass is 9.95. The molecule has 1 N–H and O–H groups in total. The predicted octanol–water partition coefficient (Wildman–Crippen LogP) is 1.82. The molecule has 0 aromatic heterocycles. The Bertz CT molecular complexity index is 319. The van der Waals surface area contributed by atoms with Crippen LogP contribution in [0.4, 0.5) is 5.69 Å². The number of benzene rings is 1. The van der Waals surface area contributed by atoms with Crippen LogP contribution in [-0.2, 0) is 11.2 Å². The largest absolute Gasteiger partial charge is 0.326 e. The van der Waals surface area contributed by atoms with Crippen LogP contribution in [-0.4, -0.2) is 5.91 Å². The van der Waals surface area contributed by atoms with E-state index in [1.807, 2.05) is 25.1 Å². The molecule has 0 aliphatic carbocycles. The van der Waals surface area contributed by atoms with Gasteiger partial charge in [0.25, 0.3) is 0 Å². The van der Waals surface area contributed by atoms with Gasteiger partial charge in [0.1, 0.15) is 0 Å². The Balaban J connectivity index is 2.40. The van der Waals surface area contributed by atoms with Crippen molar-refractivity contribution in [1.82, 2.24) is 0 Å². The van der Waals surface area contributed by atoms with E-state index in [0.29, 0.717) is 0 Å². The van der Waals surface area contributed by atoms with Gasteiger partial charge in [-0.25, -0.2) is 0 Å². The molecule has 0 saturated carbocycles. The minimum absolute atomic E-state index is 0.111. The predicted molar refractivity (Wildman–Crippen MR) is 47.9 cm³/mol. The quantitative estimate of drug-likeness (QED) is 0.617. The summed E-state index contributed by atoms with van der Waals surface area (Å²) in [5.41, 5.74) is 2.21. The molecule has 62 valence electrons. The third-order valence-electron chi connectivity index (χ3n) is 2.25. The van der Waals surface area contributed by atoms with Gasteiger partial charge in [0.15, 0.2) is 0 Å². The van der Waals surface area contributed by atoms with E-state index in [1.165, 1.54) is 5.56 Å². The molecule has 1 unspecified atom stereocenters. The van der Waals surface area contributed by atoms with Gasteiger partial charge in [0, 0.05) is 11.6 Å². The smallest absolute Gasteiger partial charge is 0.227 e. The van der Waals surface area contributed by atoms with Crippen molar-refractivity contribution in [2.45, 2.75) is 13.3 Å². The fraction of sp³-hybridized carbons (Fsp3) is 0.300. The van der Waals surface area contributed by atoms with Crippen molar-refractivity contribution in [3.63, 3.8) is 0 Å². The van der Waals surface area contributed by atoms with Gasteiger partial charge in [-0.2, -0.15) is 0 Å². The van der Waals surface area contributed by atoms with Crippen molar-refractivity contribution >= 4 is 11.6 Å². The first-order valence-corrected chi connectivity index (χ1v) is 4.16. The van der Waals surface area contributed by atoms with Crippen LogP contribution in [0.15, 0.2) is 24.3 Å². The van der Waals surface area contributed by atoms with E-state index in [2.05, 4.69) is 11.4 Å². The van der Waals surface area contributed by atoms with Gasteiger partial charge in [-0.05, 0) is 18.1 Å². The van der Waals surface area contributed by atoms with Crippen LogP contribution in [0.3, 0.4) is 0 Å². The second-order valence-electron chi connectivity index (χ2n) is 3.25. The highest BCUT2D eigenvalue weighted by Gasteiger charge is 2.20. The number of fused-ring (bicyclic) bond motifs is 1. The van der Waals surface area contributed by atoms with Gasteiger partial charge in [-0.3, -0.25) is 4.79 Å². The summed E-state index contributed by atoms with van der Waals surface area (Å²) in [4.78, 5) is 11.2. The van der Waals surface area contributed by atoms with E-state index in [4.69, 9.17) is 0 Å². The van der Waals surface area contributed by atoms with Gasteiger partial charge >= 0.3 is 0 Å². The first-order chi connectivity index (χ1) is 5.77. The summed E-state index contributed by atoms with van der Waals surface area (Å²) in [5.74, 6) is 0.244. The van der Waals surface area contributed by atoms with Crippen molar-refractivity contribution in [3.05, 3.63) is 29.8 Å². The molecule has 2 nitrogen and oxygen atoms in total. The number of carbonyl (C=O) groups excluding carboxylic acids is 1. The van der Waals surface area contributed by atoms with Crippen LogP contribution in [0.1, 0.15) is 12.5 Å². The average Bonchev–Trinajstić information content (AvgIpc) is 2.07. The molecule has 0 saturated heterocycles. The highest BCUT2D eigenvalue weighted by Crippen LogP contribution is 2.24. The Morgan fingerprint density at radius 3 is 3.00 bits per heavy atom. The molecule has 0 fully saturated rings. The fourth-order valence-corrected chi connectivity index (χ4v) is 1.50. The molecule has 1 aromatic carbocycles. The van der Waals surface area contributed by atoms with Crippen molar-refractivity contribution in [3.8, 4) is 0 Å². The van der Waals surface area contributed by atoms with E-state index in [9.17, 15) is 4.79 Å². The van der Waals surface area contributed by atoms with Gasteiger partial charge in [0.2, 0.25) is 5.91 Å². The van der Waals surface area contributed by atoms with Gasteiger partial charge in [0.05, 0.1) is 0 Å². The molecule has 1 aliphatic rings. The maximum absolute atomic E-state index is 11.2. The van der Waals surface area contributed by atoms with Crippen molar-refractivity contribution in [2.24, 2.45) is 5.92 Å². The second-order valence-corrected chi connectivity index (χ2v) is 3.25. The third-order valence-corrected chi connectivity index (χ3v) is 2.25. The zero-order chi connectivity index (χ0) is 8.55. The van der Waals surface area contributed by atoms with E-state index in [0.717, 1.165) is 12.1 Å². The number of hydrogen-bond acceptors (Lipinski definition) is 1. The Morgan fingerprint density at radius 1 is 1.42 bits per heavy atom. The first kappa shape index (κ1) is 7.35. The molecular formula is C10H11NO. The summed E-state index contributed by atoms with van der Waals surface area (Å²) < 4.78 is 0. The number of carbonyl (C=O) groups is 1. The Hall–Kier alpha value is -1.31. The van der Waals surface area contributed by atoms with Gasteiger partial charge < -0.3 is 5.32 Å². The molecule has 12 heavy (non-hydrogen) atoms. The molecule has 1 amide bonds. The number of para-hydroxylation sites is 1. The first-order valence-electron chi connectivity index (χ1n) is 4.16. The Labute approximate surface area is 71.6 Å². The normalized spacial score (nSPS) is 21.4. The van der Waals surface area contributed by atoms with E-state index < -0.39 is 0 Å². The van der Waals surface area contributed by atoms with Crippen molar-refractivity contribution < 1.29 is 4.79 Å². The number of rotatable bonds is 0. The lowest BCUT2D eigenvalue weighted by Gasteiger charge is -2.21. The third kappa shape index (κ3) is 1.09. The topological polar surface area (TPSA) is 29.1 Å². The van der Waals surface area contributed by atoms with Crippen LogP contribution < -0.4 is 5.32 Å². The van der Waals surface area contributed by atoms with Crippen LogP contribution in [0.5, 0.6) is 0 Å². The number of amides is 1. The average molecular weight is 161 g/mol. The van der Waals surface area contributed by atoms with E-state index in [-0.39, 0.29) is 11.8 Å². The summed E-state index contributed by atoms with van der Waals surface area (Å²) in [6.45, 7) is 1.95. The van der Waals surface area contributed by atoms with E-state index >= 15 is 0 Å². The summed E-state index contributed by atoms with van der Waals surface area (Å²) in [6, 6.07) is 7.95. The number of nitrogens with one attached hydrogen (secondary N) is 1. The lowest BCUT2D eigenvalue weighted by Crippen LogP contribution is -2.27. The summed E-state index contributed by atoms with van der Waals surface area (Å²) >= 11 is 0. The molecule has 1 aliphatic heterocycles. The zero-order valence-electron chi connectivity index (χ0n) is 7.00. The standard InChI is InChI=1S/C10H11NO/c1-7-6-8-4-2-3-5-9(8)11-10(7)12/h2-5,7H,6H2,1H3,(H,11,12). The number of hydrogen-bond donors (Lipinski definition) is 1. The summed E-state index contributed by atoms with van der Waals surface area (Å²) in [7, 11) is 0. The maximum atomic E-state index is 11.2. The minimum Gasteiger partial charge on any atom is -0.326 e. The van der Waals surface area contributed by atoms with Crippen LogP contribution in [0.2, 0.25) is 0 Å². The molecule has 1 atom stereocenters. The highest BCUT2D eigenvalue weighted by atomic mass is 16.1. The zero-order valence-corrected chi connectivity index (χ0v) is 7.00. The number of anilines is 1. The minimum atomic E-state index is 0.111. The monoisotopic (exact) mass is 161 g/mol. The molecular weight excluding hydrogens is 150 g/mol. The second kappa shape index (κ2) is 2.63. The van der Waals surface area contributed by atoms with Crippen LogP contribution >= 0.6 is 0 Å². The van der Waals surface area contributed by atoms with Gasteiger partial charge in [-0.1, -0.05) is 25.1 Å². The van der Waals surface area contributed by atoms with Crippen LogP contribution in [0.25, 0.3) is 0 Å². The Morgan fingerprint density at radius 2 is 2.17 bits per heavy atom. The van der Waals surface area contributed by atoms with Crippen molar-refractivity contribution in [2.75, 3.05) is 5.32 Å².